The Bertz CT molecular complexity index is 953. The van der Waals surface area contributed by atoms with Gasteiger partial charge in [-0.05, 0) is 35.9 Å². The van der Waals surface area contributed by atoms with Crippen LogP contribution in [0.3, 0.4) is 0 Å². The average Bonchev–Trinajstić information content (AvgIpc) is 2.77. The van der Waals surface area contributed by atoms with E-state index in [4.69, 9.17) is 14.2 Å². The molecule has 156 valence electrons. The monoisotopic (exact) mass is 420 g/mol. The Labute approximate surface area is 170 Å². The Hall–Kier alpha value is -2.62. The number of nitrogens with zero attached hydrogens (tertiary/aromatic N) is 1. The molecule has 8 nitrogen and oxygen atoms in total. The molecule has 2 aromatic rings. The Morgan fingerprint density at radius 2 is 1.76 bits per heavy atom. The summed E-state index contributed by atoms with van der Waals surface area (Å²) in [4.78, 5) is 14.5. The summed E-state index contributed by atoms with van der Waals surface area (Å²) in [6.07, 6.45) is 0. The Morgan fingerprint density at radius 3 is 2.38 bits per heavy atom. The van der Waals surface area contributed by atoms with Gasteiger partial charge < -0.3 is 19.1 Å². The molecule has 9 heteroatoms. The number of nitrogens with one attached hydrogen (secondary N) is 1. The molecule has 1 aliphatic rings. The van der Waals surface area contributed by atoms with Crippen molar-refractivity contribution in [2.24, 2.45) is 0 Å². The summed E-state index contributed by atoms with van der Waals surface area (Å²) in [5, 5.41) is 0. The molecule has 0 bridgehead atoms. The predicted molar refractivity (Wildman–Crippen MR) is 107 cm³/mol. The number of carbonyl (C=O) groups excluding carboxylic acids is 1. The third-order valence-corrected chi connectivity index (χ3v) is 6.03. The number of rotatable bonds is 7. The van der Waals surface area contributed by atoms with E-state index in [1.807, 2.05) is 0 Å². The first-order chi connectivity index (χ1) is 13.9. The zero-order chi connectivity index (χ0) is 20.9. The lowest BCUT2D eigenvalue weighted by Gasteiger charge is -2.27. The van der Waals surface area contributed by atoms with E-state index in [1.165, 1.54) is 25.3 Å². The lowest BCUT2D eigenvalue weighted by molar-refractivity contribution is 0.0300. The fraction of sp³-hybridized carbons (Fsp3) is 0.350. The van der Waals surface area contributed by atoms with Gasteiger partial charge in [0, 0.05) is 19.6 Å². The smallest absolute Gasteiger partial charge is 0.257 e. The highest BCUT2D eigenvalue weighted by Gasteiger charge is 2.24. The molecule has 1 N–H and O–H groups in total. The standard InChI is InChI=1S/C20H24N2O6S/c1-26-16-5-3-15(4-6-16)14-21-29(24,25)17-7-8-19(27-2)18(13-17)20(23)22-9-11-28-12-10-22/h3-8,13,21H,9-12,14H2,1-2H3. The van der Waals surface area contributed by atoms with E-state index in [2.05, 4.69) is 4.72 Å². The van der Waals surface area contributed by atoms with Crippen LogP contribution in [0.4, 0.5) is 0 Å². The normalized spacial score (nSPS) is 14.5. The van der Waals surface area contributed by atoms with E-state index < -0.39 is 10.0 Å². The summed E-state index contributed by atoms with van der Waals surface area (Å²) in [5.41, 5.74) is 0.995. The molecule has 0 radical (unpaired) electrons. The van der Waals surface area contributed by atoms with Gasteiger partial charge in [-0.2, -0.15) is 0 Å². The van der Waals surface area contributed by atoms with Crippen molar-refractivity contribution in [3.63, 3.8) is 0 Å². The molecule has 0 saturated carbocycles. The molecule has 1 saturated heterocycles. The number of methoxy groups -OCH3 is 2. The van der Waals surface area contributed by atoms with E-state index in [1.54, 1.807) is 36.3 Å². The number of benzene rings is 2. The van der Waals surface area contributed by atoms with Crippen LogP contribution >= 0.6 is 0 Å². The lowest BCUT2D eigenvalue weighted by atomic mass is 10.1. The van der Waals surface area contributed by atoms with Crippen molar-refractivity contribution in [2.45, 2.75) is 11.4 Å². The van der Waals surface area contributed by atoms with Gasteiger partial charge in [0.1, 0.15) is 11.5 Å². The second-order valence-electron chi connectivity index (χ2n) is 6.44. The Balaban J connectivity index is 1.80. The lowest BCUT2D eigenvalue weighted by Crippen LogP contribution is -2.40. The molecular formula is C20H24N2O6S. The third kappa shape index (κ3) is 5.06. The molecule has 29 heavy (non-hydrogen) atoms. The fourth-order valence-corrected chi connectivity index (χ4v) is 4.01. The van der Waals surface area contributed by atoms with Gasteiger partial charge in [0.05, 0.1) is 37.9 Å². The van der Waals surface area contributed by atoms with Gasteiger partial charge in [0.2, 0.25) is 10.0 Å². The Kier molecular flexibility index (Phi) is 6.73. The van der Waals surface area contributed by atoms with Gasteiger partial charge >= 0.3 is 0 Å². The van der Waals surface area contributed by atoms with E-state index in [9.17, 15) is 13.2 Å². The third-order valence-electron chi connectivity index (χ3n) is 4.64. The summed E-state index contributed by atoms with van der Waals surface area (Å²) in [6, 6.07) is 11.4. The van der Waals surface area contributed by atoms with Crippen molar-refractivity contribution < 1.29 is 27.4 Å². The van der Waals surface area contributed by atoms with Crippen LogP contribution in [0.25, 0.3) is 0 Å². The van der Waals surface area contributed by atoms with Crippen LogP contribution in [0.15, 0.2) is 47.4 Å². The van der Waals surface area contributed by atoms with Gasteiger partial charge in [-0.3, -0.25) is 4.79 Å². The van der Waals surface area contributed by atoms with Crippen LogP contribution in [-0.4, -0.2) is 59.7 Å². The second-order valence-corrected chi connectivity index (χ2v) is 8.21. The molecule has 1 heterocycles. The van der Waals surface area contributed by atoms with Gasteiger partial charge in [-0.1, -0.05) is 12.1 Å². The van der Waals surface area contributed by atoms with Crippen molar-refractivity contribution in [3.8, 4) is 11.5 Å². The van der Waals surface area contributed by atoms with Gasteiger partial charge in [-0.15, -0.1) is 0 Å². The number of hydrogen-bond donors (Lipinski definition) is 1. The minimum Gasteiger partial charge on any atom is -0.497 e. The van der Waals surface area contributed by atoms with E-state index in [0.717, 1.165) is 5.56 Å². The van der Waals surface area contributed by atoms with Gasteiger partial charge in [-0.25, -0.2) is 13.1 Å². The first-order valence-corrected chi connectivity index (χ1v) is 10.6. The highest BCUT2D eigenvalue weighted by Crippen LogP contribution is 2.24. The minimum atomic E-state index is -3.82. The molecule has 0 unspecified atom stereocenters. The second kappa shape index (κ2) is 9.25. The summed E-state index contributed by atoms with van der Waals surface area (Å²) < 4.78 is 43.7. The molecule has 3 rings (SSSR count). The largest absolute Gasteiger partial charge is 0.497 e. The van der Waals surface area contributed by atoms with Crippen LogP contribution < -0.4 is 14.2 Å². The van der Waals surface area contributed by atoms with Crippen molar-refractivity contribution in [3.05, 3.63) is 53.6 Å². The molecule has 0 aliphatic carbocycles. The van der Waals surface area contributed by atoms with Crippen LogP contribution in [0, 0.1) is 0 Å². The molecule has 1 aliphatic heterocycles. The zero-order valence-electron chi connectivity index (χ0n) is 16.4. The summed E-state index contributed by atoms with van der Waals surface area (Å²) in [5.74, 6) is 0.742. The number of morpholine rings is 1. The summed E-state index contributed by atoms with van der Waals surface area (Å²) in [7, 11) is -0.806. The maximum Gasteiger partial charge on any atom is 0.257 e. The first-order valence-electron chi connectivity index (χ1n) is 9.12. The number of amides is 1. The topological polar surface area (TPSA) is 94.2 Å². The van der Waals surface area contributed by atoms with Crippen LogP contribution in [0.5, 0.6) is 11.5 Å². The van der Waals surface area contributed by atoms with E-state index in [-0.39, 0.29) is 22.9 Å². The first kappa shape index (κ1) is 21.1. The zero-order valence-corrected chi connectivity index (χ0v) is 17.2. The molecule has 1 fully saturated rings. The predicted octanol–water partition coefficient (Wildman–Crippen LogP) is 1.65. The maximum atomic E-state index is 12.9. The van der Waals surface area contributed by atoms with Crippen molar-refractivity contribution in [1.82, 2.24) is 9.62 Å². The van der Waals surface area contributed by atoms with Crippen LogP contribution in [0.2, 0.25) is 0 Å². The summed E-state index contributed by atoms with van der Waals surface area (Å²) in [6.45, 7) is 1.93. The molecule has 0 aromatic heterocycles. The molecule has 1 amide bonds. The average molecular weight is 420 g/mol. The Morgan fingerprint density at radius 1 is 1.07 bits per heavy atom. The number of hydrogen-bond acceptors (Lipinski definition) is 6. The molecule has 0 atom stereocenters. The number of carbonyl (C=O) groups is 1. The number of sulfonamides is 1. The van der Waals surface area contributed by atoms with Crippen molar-refractivity contribution in [1.29, 1.82) is 0 Å². The summed E-state index contributed by atoms with van der Waals surface area (Å²) >= 11 is 0. The van der Waals surface area contributed by atoms with Gasteiger partial charge in [0.15, 0.2) is 0 Å². The molecule has 2 aromatic carbocycles. The van der Waals surface area contributed by atoms with Crippen molar-refractivity contribution in [2.75, 3.05) is 40.5 Å². The quantitative estimate of drug-likeness (QED) is 0.732. The minimum absolute atomic E-state index is 0.00317. The van der Waals surface area contributed by atoms with Gasteiger partial charge in [0.25, 0.3) is 5.91 Å². The number of ether oxygens (including phenoxy) is 3. The van der Waals surface area contributed by atoms with Crippen molar-refractivity contribution >= 4 is 15.9 Å². The highest BCUT2D eigenvalue weighted by molar-refractivity contribution is 7.89. The molecule has 0 spiro atoms. The highest BCUT2D eigenvalue weighted by atomic mass is 32.2. The fourth-order valence-electron chi connectivity index (χ4n) is 2.96. The molecular weight excluding hydrogens is 396 g/mol. The maximum absolute atomic E-state index is 12.9. The SMILES string of the molecule is COc1ccc(CNS(=O)(=O)c2ccc(OC)c(C(=O)N3CCOCC3)c2)cc1. The van der Waals surface area contributed by atoms with Crippen LogP contribution in [0.1, 0.15) is 15.9 Å². The van der Waals surface area contributed by atoms with E-state index in [0.29, 0.717) is 37.8 Å². The van der Waals surface area contributed by atoms with E-state index >= 15 is 0 Å². The van der Waals surface area contributed by atoms with Crippen LogP contribution in [-0.2, 0) is 21.3 Å².